The van der Waals surface area contributed by atoms with Crippen LogP contribution in [0.1, 0.15) is 54.0 Å². The van der Waals surface area contributed by atoms with Crippen molar-refractivity contribution in [2.75, 3.05) is 0 Å². The molecular formula is C32H32NO2+. The van der Waals surface area contributed by atoms with Crippen molar-refractivity contribution in [3.8, 4) is 11.3 Å². The van der Waals surface area contributed by atoms with Crippen LogP contribution in [0, 0.1) is 26.0 Å². The van der Waals surface area contributed by atoms with E-state index in [0.717, 1.165) is 10.8 Å². The van der Waals surface area contributed by atoms with Gasteiger partial charge >= 0.3 is 0 Å². The summed E-state index contributed by atoms with van der Waals surface area (Å²) in [5.41, 5.74) is 2.72. The molecular weight excluding hydrogens is 430 g/mol. The first-order valence-electron chi connectivity index (χ1n) is 15.7. The monoisotopic (exact) mass is 470 g/mol. The number of hydrogen-bond acceptors (Lipinski definition) is 2. The standard InChI is InChI=1S/C32H32NO2/c1-18-14-19(2)28(25-15-21(16-32(4,5)6)20(3)17-33(25)7)31-27(18)24-13-12-23-22-10-8-9-11-26(22)34-29(23)30(24)35-31/h8-15,17H,16H2,1-7H3/q+1/i1D3,3D3,16D2. The van der Waals surface area contributed by atoms with E-state index in [4.69, 9.17) is 19.8 Å². The Balaban J connectivity index is 1.78. The van der Waals surface area contributed by atoms with Crippen LogP contribution in [0.5, 0.6) is 0 Å². The molecule has 3 nitrogen and oxygen atoms in total. The average molecular weight is 471 g/mol. The molecule has 176 valence electrons. The zero-order chi connectivity index (χ0) is 31.4. The lowest BCUT2D eigenvalue weighted by molar-refractivity contribution is -0.660. The molecule has 0 unspecified atom stereocenters. The first-order chi connectivity index (χ1) is 19.8. The van der Waals surface area contributed by atoms with Crippen molar-refractivity contribution in [1.29, 1.82) is 0 Å². The summed E-state index contributed by atoms with van der Waals surface area (Å²) in [5, 5.41) is 2.75. The van der Waals surface area contributed by atoms with E-state index in [0.29, 0.717) is 49.9 Å². The maximum absolute atomic E-state index is 9.03. The molecule has 3 aromatic heterocycles. The number of rotatable bonds is 2. The quantitative estimate of drug-likeness (QED) is 0.237. The number of para-hydroxylation sites is 1. The van der Waals surface area contributed by atoms with Gasteiger partial charge in [-0.2, -0.15) is 0 Å². The number of benzene rings is 3. The molecule has 0 fully saturated rings. The first kappa shape index (κ1) is 14.7. The van der Waals surface area contributed by atoms with Crippen molar-refractivity contribution in [2.24, 2.45) is 12.5 Å². The molecule has 0 aliphatic rings. The summed E-state index contributed by atoms with van der Waals surface area (Å²) in [6.07, 6.45) is -0.565. The number of aromatic nitrogens is 1. The molecule has 6 rings (SSSR count). The van der Waals surface area contributed by atoms with Gasteiger partial charge in [-0.25, -0.2) is 4.57 Å². The second-order valence-electron chi connectivity index (χ2n) is 10.3. The number of hydrogen-bond donors (Lipinski definition) is 0. The first-order valence-corrected chi connectivity index (χ1v) is 11.7. The highest BCUT2D eigenvalue weighted by Crippen LogP contribution is 2.43. The summed E-state index contributed by atoms with van der Waals surface area (Å²) in [6.45, 7) is 1.96. The number of pyridine rings is 1. The summed E-state index contributed by atoms with van der Waals surface area (Å²) in [5.74, 6) is 0. The highest BCUT2D eigenvalue weighted by Gasteiger charge is 2.26. The van der Waals surface area contributed by atoms with E-state index < -0.39 is 25.5 Å². The molecule has 0 aliphatic heterocycles. The van der Waals surface area contributed by atoms with E-state index in [-0.39, 0.29) is 16.7 Å². The molecule has 0 bridgehead atoms. The van der Waals surface area contributed by atoms with Gasteiger partial charge in [-0.1, -0.05) is 45.0 Å². The Kier molecular flexibility index (Phi) is 3.14. The van der Waals surface area contributed by atoms with Gasteiger partial charge in [0.05, 0.1) is 5.56 Å². The lowest BCUT2D eigenvalue weighted by Gasteiger charge is -2.19. The van der Waals surface area contributed by atoms with Gasteiger partial charge in [0.2, 0.25) is 5.69 Å². The highest BCUT2D eigenvalue weighted by atomic mass is 16.4. The summed E-state index contributed by atoms with van der Waals surface area (Å²) in [7, 11) is 1.70. The third-order valence-electron chi connectivity index (χ3n) is 6.49. The van der Waals surface area contributed by atoms with Crippen LogP contribution in [-0.4, -0.2) is 0 Å². The van der Waals surface area contributed by atoms with Crippen molar-refractivity contribution in [3.05, 3.63) is 77.0 Å². The number of fused-ring (bicyclic) bond motifs is 7. The largest absolute Gasteiger partial charge is 0.452 e. The van der Waals surface area contributed by atoms with Gasteiger partial charge in [-0.3, -0.25) is 0 Å². The van der Waals surface area contributed by atoms with Gasteiger partial charge in [-0.05, 0) is 67.3 Å². The number of nitrogens with zero attached hydrogens (tertiary/aromatic N) is 1. The molecule has 3 heteroatoms. The van der Waals surface area contributed by atoms with Crippen molar-refractivity contribution < 1.29 is 24.4 Å². The lowest BCUT2D eigenvalue weighted by atomic mass is 9.86. The molecule has 3 heterocycles. The summed E-state index contributed by atoms with van der Waals surface area (Å²) in [4.78, 5) is 0. The molecule has 35 heavy (non-hydrogen) atoms. The van der Waals surface area contributed by atoms with Gasteiger partial charge in [0, 0.05) is 44.1 Å². The molecule has 0 aliphatic carbocycles. The van der Waals surface area contributed by atoms with Gasteiger partial charge < -0.3 is 8.83 Å². The van der Waals surface area contributed by atoms with Gasteiger partial charge in [0.15, 0.2) is 17.4 Å². The van der Waals surface area contributed by atoms with Crippen molar-refractivity contribution in [1.82, 2.24) is 0 Å². The Labute approximate surface area is 217 Å². The van der Waals surface area contributed by atoms with Crippen LogP contribution in [0.25, 0.3) is 55.1 Å². The molecule has 0 spiro atoms. The van der Waals surface area contributed by atoms with Crippen molar-refractivity contribution >= 4 is 43.9 Å². The fraction of sp³-hybridized carbons (Fsp3) is 0.281. The minimum atomic E-state index is -2.56. The second-order valence-corrected chi connectivity index (χ2v) is 10.3. The highest BCUT2D eigenvalue weighted by molar-refractivity contribution is 6.21. The third kappa shape index (κ3) is 3.36. The zero-order valence-corrected chi connectivity index (χ0v) is 20.5. The smallest absolute Gasteiger partial charge is 0.216 e. The van der Waals surface area contributed by atoms with Crippen molar-refractivity contribution in [3.63, 3.8) is 0 Å². The molecule has 0 N–H and O–H groups in total. The van der Waals surface area contributed by atoms with Crippen LogP contribution in [0.15, 0.2) is 63.6 Å². The van der Waals surface area contributed by atoms with E-state index in [1.807, 2.05) is 36.4 Å². The maximum Gasteiger partial charge on any atom is 0.216 e. The predicted octanol–water partition coefficient (Wildman–Crippen LogP) is 8.49. The van der Waals surface area contributed by atoms with Crippen LogP contribution < -0.4 is 4.57 Å². The molecule has 0 radical (unpaired) electrons. The van der Waals surface area contributed by atoms with Crippen molar-refractivity contribution in [2.45, 2.75) is 47.8 Å². The van der Waals surface area contributed by atoms with Gasteiger partial charge in [0.25, 0.3) is 0 Å². The molecule has 6 aromatic rings. The van der Waals surface area contributed by atoms with E-state index in [1.165, 1.54) is 6.20 Å². The minimum absolute atomic E-state index is 0.0522. The fourth-order valence-electron chi connectivity index (χ4n) is 5.04. The Bertz CT molecular complexity index is 2090. The molecule has 0 saturated heterocycles. The SMILES string of the molecule is [2H]C([2H])([2H])c1c[n+](C)c(-c2c(C)cc(C([2H])([2H])[2H])c3c2oc2c3ccc3c4ccccc4oc32)cc1C([2H])([2H])C(C)(C)C. The number of aryl methyl sites for hydroxylation is 4. The van der Waals surface area contributed by atoms with E-state index >= 15 is 0 Å². The molecule has 0 atom stereocenters. The van der Waals surface area contributed by atoms with Crippen LogP contribution in [0.3, 0.4) is 0 Å². The van der Waals surface area contributed by atoms with E-state index in [9.17, 15) is 0 Å². The maximum atomic E-state index is 9.03. The van der Waals surface area contributed by atoms with Crippen LogP contribution >= 0.6 is 0 Å². The zero-order valence-electron chi connectivity index (χ0n) is 28.5. The summed E-state index contributed by atoms with van der Waals surface area (Å²) in [6, 6.07) is 14.6. The molecule has 0 amide bonds. The summed E-state index contributed by atoms with van der Waals surface area (Å²) >= 11 is 0. The Morgan fingerprint density at radius 1 is 0.857 bits per heavy atom. The summed E-state index contributed by atoms with van der Waals surface area (Å²) < 4.78 is 82.2. The second kappa shape index (κ2) is 7.45. The molecule has 3 aromatic carbocycles. The van der Waals surface area contributed by atoms with Crippen LogP contribution in [-0.2, 0) is 13.4 Å². The Morgan fingerprint density at radius 2 is 1.60 bits per heavy atom. The Hall–Kier alpha value is -3.59. The fourth-order valence-corrected chi connectivity index (χ4v) is 5.04. The molecule has 0 saturated carbocycles. The van der Waals surface area contributed by atoms with Gasteiger partial charge in [-0.15, -0.1) is 0 Å². The predicted molar refractivity (Wildman–Crippen MR) is 145 cm³/mol. The topological polar surface area (TPSA) is 30.2 Å². The lowest BCUT2D eigenvalue weighted by Crippen LogP contribution is -2.32. The van der Waals surface area contributed by atoms with E-state index in [1.54, 1.807) is 51.4 Å². The Morgan fingerprint density at radius 3 is 2.37 bits per heavy atom. The third-order valence-corrected chi connectivity index (χ3v) is 6.49. The average Bonchev–Trinajstić information content (AvgIpc) is 3.45. The van der Waals surface area contributed by atoms with Gasteiger partial charge in [0.1, 0.15) is 18.2 Å². The van der Waals surface area contributed by atoms with E-state index in [2.05, 4.69) is 0 Å². The number of furan rings is 2. The van der Waals surface area contributed by atoms with Crippen LogP contribution in [0.4, 0.5) is 0 Å². The van der Waals surface area contributed by atoms with Crippen LogP contribution in [0.2, 0.25) is 0 Å². The minimum Gasteiger partial charge on any atom is -0.452 e. The normalized spacial score (nSPS) is 17.1.